The Hall–Kier alpha value is -3.49. The molecule has 2 aromatic carbocycles. The van der Waals surface area contributed by atoms with E-state index in [1.165, 1.54) is 29.5 Å². The van der Waals surface area contributed by atoms with Crippen LogP contribution < -0.4 is 5.32 Å². The normalized spacial score (nSPS) is 11.0. The molecule has 6 nitrogen and oxygen atoms in total. The maximum atomic E-state index is 13.6. The third kappa shape index (κ3) is 6.38. The summed E-state index contributed by atoms with van der Waals surface area (Å²) >= 11 is 1.53. The number of hydrogen-bond acceptors (Lipinski definition) is 5. The standard InChI is InChI=1S/C28H29FN4O2S/c1-35-18-17-33-27(26(32-28(33)36-2)21-11-13-23(29)14-12-21)22-15-16-30-24(19-22)31-25(34)10-6-9-20-7-4-3-5-8-20/h3-5,7-8,11-16,19H,6,9-10,17-18H2,1-2H3,(H,30,31,34). The zero-order valence-corrected chi connectivity index (χ0v) is 21.2. The first-order chi connectivity index (χ1) is 17.6. The molecule has 0 aliphatic heterocycles. The molecule has 0 radical (unpaired) electrons. The molecular weight excluding hydrogens is 475 g/mol. The maximum absolute atomic E-state index is 13.6. The number of benzene rings is 2. The SMILES string of the molecule is COCCn1c(SC)nc(-c2ccc(F)cc2)c1-c1ccnc(NC(=O)CCCc2ccccc2)c1. The predicted octanol–water partition coefficient (Wildman–Crippen LogP) is 6.08. The van der Waals surface area contributed by atoms with Crippen LogP contribution in [0.2, 0.25) is 0 Å². The zero-order valence-electron chi connectivity index (χ0n) is 20.4. The van der Waals surface area contributed by atoms with Crippen LogP contribution in [0.5, 0.6) is 0 Å². The van der Waals surface area contributed by atoms with Crippen molar-refractivity contribution in [2.75, 3.05) is 25.3 Å². The van der Waals surface area contributed by atoms with Crippen molar-refractivity contribution in [1.82, 2.24) is 14.5 Å². The Bertz CT molecular complexity index is 1290. The van der Waals surface area contributed by atoms with Gasteiger partial charge in [0.1, 0.15) is 11.6 Å². The van der Waals surface area contributed by atoms with Gasteiger partial charge in [-0.15, -0.1) is 0 Å². The summed E-state index contributed by atoms with van der Waals surface area (Å²) in [6, 6.07) is 20.2. The number of methoxy groups -OCH3 is 1. The van der Waals surface area contributed by atoms with E-state index in [1.807, 2.05) is 36.6 Å². The van der Waals surface area contributed by atoms with Crippen LogP contribution in [0.3, 0.4) is 0 Å². The Balaban J connectivity index is 1.59. The highest BCUT2D eigenvalue weighted by atomic mass is 32.2. The van der Waals surface area contributed by atoms with Gasteiger partial charge >= 0.3 is 0 Å². The smallest absolute Gasteiger partial charge is 0.225 e. The summed E-state index contributed by atoms with van der Waals surface area (Å²) in [5, 5.41) is 3.75. The van der Waals surface area contributed by atoms with Crippen LogP contribution in [0.15, 0.2) is 78.1 Å². The van der Waals surface area contributed by atoms with Crippen molar-refractivity contribution in [2.45, 2.75) is 31.0 Å². The summed E-state index contributed by atoms with van der Waals surface area (Å²) in [6.07, 6.45) is 5.65. The first kappa shape index (κ1) is 25.6. The molecule has 1 amide bonds. The van der Waals surface area contributed by atoms with Crippen LogP contribution in [0.4, 0.5) is 10.2 Å². The van der Waals surface area contributed by atoms with Gasteiger partial charge in [0.05, 0.1) is 18.0 Å². The molecule has 0 unspecified atom stereocenters. The Morgan fingerprint density at radius 1 is 1.08 bits per heavy atom. The molecule has 186 valence electrons. The lowest BCUT2D eigenvalue weighted by Crippen LogP contribution is -2.13. The fourth-order valence-electron chi connectivity index (χ4n) is 4.03. The zero-order chi connectivity index (χ0) is 25.3. The van der Waals surface area contributed by atoms with Crippen molar-refractivity contribution in [3.8, 4) is 22.5 Å². The number of nitrogens with zero attached hydrogens (tertiary/aromatic N) is 3. The number of rotatable bonds is 11. The lowest BCUT2D eigenvalue weighted by Gasteiger charge is -2.13. The van der Waals surface area contributed by atoms with E-state index in [4.69, 9.17) is 9.72 Å². The van der Waals surface area contributed by atoms with Gasteiger partial charge in [-0.3, -0.25) is 4.79 Å². The molecule has 0 saturated carbocycles. The van der Waals surface area contributed by atoms with Gasteiger partial charge in [-0.25, -0.2) is 14.4 Å². The number of ether oxygens (including phenoxy) is 1. The van der Waals surface area contributed by atoms with Crippen molar-refractivity contribution < 1.29 is 13.9 Å². The highest BCUT2D eigenvalue weighted by molar-refractivity contribution is 7.98. The van der Waals surface area contributed by atoms with Crippen LogP contribution in [0.25, 0.3) is 22.5 Å². The molecule has 0 saturated heterocycles. The molecule has 8 heteroatoms. The van der Waals surface area contributed by atoms with Gasteiger partial charge in [0.15, 0.2) is 5.16 Å². The number of aryl methyl sites for hydroxylation is 1. The second kappa shape index (κ2) is 12.5. The first-order valence-corrected chi connectivity index (χ1v) is 13.0. The molecule has 1 N–H and O–H groups in total. The lowest BCUT2D eigenvalue weighted by atomic mass is 10.1. The molecule has 2 heterocycles. The van der Waals surface area contributed by atoms with Crippen molar-refractivity contribution in [1.29, 1.82) is 0 Å². The quantitative estimate of drug-likeness (QED) is 0.251. The molecular formula is C28H29FN4O2S. The molecule has 0 atom stereocenters. The van der Waals surface area contributed by atoms with Crippen molar-refractivity contribution >= 4 is 23.5 Å². The number of thioether (sulfide) groups is 1. The molecule has 4 aromatic rings. The van der Waals surface area contributed by atoms with E-state index in [2.05, 4.69) is 27.0 Å². The topological polar surface area (TPSA) is 69.0 Å². The van der Waals surface area contributed by atoms with E-state index in [0.29, 0.717) is 25.4 Å². The number of hydrogen-bond donors (Lipinski definition) is 1. The predicted molar refractivity (Wildman–Crippen MR) is 143 cm³/mol. The van der Waals surface area contributed by atoms with Crippen LogP contribution >= 0.6 is 11.8 Å². The summed E-state index contributed by atoms with van der Waals surface area (Å²) < 4.78 is 21.0. The van der Waals surface area contributed by atoms with Gasteiger partial charge in [0.2, 0.25) is 5.91 Å². The van der Waals surface area contributed by atoms with E-state index >= 15 is 0 Å². The largest absolute Gasteiger partial charge is 0.383 e. The molecule has 36 heavy (non-hydrogen) atoms. The fourth-order valence-corrected chi connectivity index (χ4v) is 4.61. The van der Waals surface area contributed by atoms with Gasteiger partial charge in [-0.1, -0.05) is 42.1 Å². The summed E-state index contributed by atoms with van der Waals surface area (Å²) in [7, 11) is 1.66. The highest BCUT2D eigenvalue weighted by Gasteiger charge is 2.20. The summed E-state index contributed by atoms with van der Waals surface area (Å²) in [6.45, 7) is 1.11. The second-order valence-electron chi connectivity index (χ2n) is 8.26. The number of aromatic nitrogens is 3. The van der Waals surface area contributed by atoms with Gasteiger partial charge in [0.25, 0.3) is 0 Å². The van der Waals surface area contributed by atoms with Crippen molar-refractivity contribution in [3.63, 3.8) is 0 Å². The number of imidazole rings is 1. The van der Waals surface area contributed by atoms with E-state index in [0.717, 1.165) is 40.5 Å². The second-order valence-corrected chi connectivity index (χ2v) is 9.04. The Morgan fingerprint density at radius 2 is 1.86 bits per heavy atom. The van der Waals surface area contributed by atoms with E-state index in [-0.39, 0.29) is 11.7 Å². The molecule has 0 spiro atoms. The minimum atomic E-state index is -0.301. The molecule has 0 bridgehead atoms. The molecule has 0 aliphatic rings. The third-order valence-corrected chi connectivity index (χ3v) is 6.44. The number of anilines is 1. The number of amides is 1. The fraction of sp³-hybridized carbons (Fsp3) is 0.250. The van der Waals surface area contributed by atoms with Gasteiger partial charge in [-0.05, 0) is 61.1 Å². The number of carbonyl (C=O) groups excluding carboxylic acids is 1. The molecule has 4 rings (SSSR count). The Morgan fingerprint density at radius 3 is 2.58 bits per heavy atom. The molecule has 2 aromatic heterocycles. The monoisotopic (exact) mass is 504 g/mol. The van der Waals surface area contributed by atoms with Crippen LogP contribution in [0, 0.1) is 5.82 Å². The minimum Gasteiger partial charge on any atom is -0.383 e. The lowest BCUT2D eigenvalue weighted by molar-refractivity contribution is -0.116. The van der Waals surface area contributed by atoms with Crippen molar-refractivity contribution in [3.05, 3.63) is 84.3 Å². The first-order valence-electron chi connectivity index (χ1n) is 11.8. The summed E-state index contributed by atoms with van der Waals surface area (Å²) in [5.41, 5.74) is 4.48. The average molecular weight is 505 g/mol. The van der Waals surface area contributed by atoms with Crippen molar-refractivity contribution in [2.24, 2.45) is 0 Å². The van der Waals surface area contributed by atoms with E-state index < -0.39 is 0 Å². The minimum absolute atomic E-state index is 0.0768. The number of pyridine rings is 1. The van der Waals surface area contributed by atoms with Gasteiger partial charge < -0.3 is 14.6 Å². The number of carbonyl (C=O) groups is 1. The highest BCUT2D eigenvalue weighted by Crippen LogP contribution is 2.36. The van der Waals surface area contributed by atoms with E-state index in [9.17, 15) is 9.18 Å². The van der Waals surface area contributed by atoms with Crippen LogP contribution in [-0.2, 0) is 22.5 Å². The van der Waals surface area contributed by atoms with Gasteiger partial charge in [0, 0.05) is 37.4 Å². The molecule has 0 aliphatic carbocycles. The maximum Gasteiger partial charge on any atom is 0.225 e. The van der Waals surface area contributed by atoms with E-state index in [1.54, 1.807) is 25.4 Å². The van der Waals surface area contributed by atoms with Gasteiger partial charge in [-0.2, -0.15) is 0 Å². The number of nitrogens with one attached hydrogen (secondary N) is 1. The van der Waals surface area contributed by atoms with Crippen LogP contribution in [0.1, 0.15) is 18.4 Å². The summed E-state index contributed by atoms with van der Waals surface area (Å²) in [4.78, 5) is 21.8. The average Bonchev–Trinajstić information content (AvgIpc) is 3.27. The Labute approximate surface area is 214 Å². The Kier molecular flexibility index (Phi) is 8.86. The third-order valence-electron chi connectivity index (χ3n) is 5.76. The summed E-state index contributed by atoms with van der Waals surface area (Å²) in [5.74, 6) is 0.102. The molecule has 0 fully saturated rings. The van der Waals surface area contributed by atoms with Crippen LogP contribution in [-0.4, -0.2) is 40.4 Å². The number of halogens is 1.